The van der Waals surface area contributed by atoms with Gasteiger partial charge in [-0.05, 0) is 45.6 Å². The van der Waals surface area contributed by atoms with Gasteiger partial charge in [0.25, 0.3) is 5.91 Å². The first-order valence-electron chi connectivity index (χ1n) is 6.40. The van der Waals surface area contributed by atoms with Gasteiger partial charge in [-0.3, -0.25) is 4.79 Å². The third-order valence-electron chi connectivity index (χ3n) is 3.08. The molecule has 0 saturated heterocycles. The van der Waals surface area contributed by atoms with Gasteiger partial charge in [-0.2, -0.15) is 0 Å². The predicted molar refractivity (Wildman–Crippen MR) is 79.5 cm³/mol. The van der Waals surface area contributed by atoms with Crippen LogP contribution < -0.4 is 5.32 Å². The Hall–Kier alpha value is -1.59. The number of carbonyl (C=O) groups is 1. The van der Waals surface area contributed by atoms with Gasteiger partial charge in [-0.25, -0.2) is 0 Å². The minimum Gasteiger partial charge on any atom is -0.444 e. The highest BCUT2D eigenvalue weighted by molar-refractivity contribution is 9.10. The molecule has 4 nitrogen and oxygen atoms in total. The first-order chi connectivity index (χ1) is 9.63. The second kappa shape index (κ2) is 6.72. The number of halogens is 1. The Morgan fingerprint density at radius 1 is 1.30 bits per heavy atom. The van der Waals surface area contributed by atoms with Crippen LogP contribution in [0.15, 0.2) is 45.5 Å². The summed E-state index contributed by atoms with van der Waals surface area (Å²) in [6, 6.07) is 10.6. The lowest BCUT2D eigenvalue weighted by molar-refractivity contribution is 0.0887. The van der Waals surface area contributed by atoms with Crippen molar-refractivity contribution in [3.8, 4) is 0 Å². The van der Waals surface area contributed by atoms with Crippen LogP contribution in [0.2, 0.25) is 0 Å². The quantitative estimate of drug-likeness (QED) is 0.881. The van der Waals surface area contributed by atoms with Crippen molar-refractivity contribution in [3.05, 3.63) is 58.0 Å². The molecule has 0 spiro atoms. The fourth-order valence-corrected chi connectivity index (χ4v) is 2.19. The molecule has 0 aliphatic rings. The SMILES string of the molecule is CCc1ccc(C(CO)NC(=O)c2ccc(Br)o2)cc1. The van der Waals surface area contributed by atoms with E-state index in [1.54, 1.807) is 12.1 Å². The highest BCUT2D eigenvalue weighted by Crippen LogP contribution is 2.17. The van der Waals surface area contributed by atoms with Crippen LogP contribution in [0.1, 0.15) is 34.6 Å². The number of rotatable bonds is 5. The van der Waals surface area contributed by atoms with E-state index in [9.17, 15) is 9.90 Å². The Bertz CT molecular complexity index is 577. The van der Waals surface area contributed by atoms with Crippen molar-refractivity contribution in [2.75, 3.05) is 6.61 Å². The molecule has 20 heavy (non-hydrogen) atoms. The van der Waals surface area contributed by atoms with Gasteiger partial charge in [0.05, 0.1) is 12.6 Å². The molecule has 1 amide bonds. The van der Waals surface area contributed by atoms with Crippen molar-refractivity contribution in [1.82, 2.24) is 5.32 Å². The summed E-state index contributed by atoms with van der Waals surface area (Å²) in [5, 5.41) is 12.2. The van der Waals surface area contributed by atoms with Crippen molar-refractivity contribution in [1.29, 1.82) is 0 Å². The number of amides is 1. The number of hydrogen-bond acceptors (Lipinski definition) is 3. The van der Waals surface area contributed by atoms with Crippen LogP contribution in [0.25, 0.3) is 0 Å². The van der Waals surface area contributed by atoms with Gasteiger partial charge in [-0.1, -0.05) is 31.2 Å². The molecule has 1 aromatic carbocycles. The summed E-state index contributed by atoms with van der Waals surface area (Å²) >= 11 is 3.15. The number of benzene rings is 1. The first-order valence-corrected chi connectivity index (χ1v) is 7.19. The van der Waals surface area contributed by atoms with Gasteiger partial charge in [0, 0.05) is 0 Å². The summed E-state index contributed by atoms with van der Waals surface area (Å²) < 4.78 is 5.68. The summed E-state index contributed by atoms with van der Waals surface area (Å²) in [4.78, 5) is 12.0. The number of nitrogens with one attached hydrogen (secondary N) is 1. The van der Waals surface area contributed by atoms with E-state index < -0.39 is 6.04 Å². The fraction of sp³-hybridized carbons (Fsp3) is 0.267. The molecule has 0 fully saturated rings. The van der Waals surface area contributed by atoms with Crippen molar-refractivity contribution in [3.63, 3.8) is 0 Å². The summed E-state index contributed by atoms with van der Waals surface area (Å²) in [6.07, 6.45) is 0.955. The topological polar surface area (TPSA) is 62.5 Å². The molecule has 1 aromatic heterocycles. The van der Waals surface area contributed by atoms with Crippen LogP contribution in [-0.2, 0) is 6.42 Å². The summed E-state index contributed by atoms with van der Waals surface area (Å²) in [6.45, 7) is 1.91. The molecule has 1 unspecified atom stereocenters. The molecule has 2 N–H and O–H groups in total. The lowest BCUT2D eigenvalue weighted by atomic mass is 10.0. The number of aliphatic hydroxyl groups is 1. The normalized spacial score (nSPS) is 12.2. The van der Waals surface area contributed by atoms with Gasteiger partial charge in [-0.15, -0.1) is 0 Å². The fourth-order valence-electron chi connectivity index (χ4n) is 1.89. The maximum Gasteiger partial charge on any atom is 0.287 e. The molecule has 1 atom stereocenters. The monoisotopic (exact) mass is 337 g/mol. The van der Waals surface area contributed by atoms with Gasteiger partial charge in [0.2, 0.25) is 0 Å². The van der Waals surface area contributed by atoms with E-state index in [0.717, 1.165) is 12.0 Å². The number of furan rings is 1. The van der Waals surface area contributed by atoms with Crippen LogP contribution in [0.4, 0.5) is 0 Å². The maximum absolute atomic E-state index is 12.0. The van der Waals surface area contributed by atoms with E-state index in [4.69, 9.17) is 4.42 Å². The van der Waals surface area contributed by atoms with E-state index in [1.165, 1.54) is 5.56 Å². The third-order valence-corrected chi connectivity index (χ3v) is 3.50. The highest BCUT2D eigenvalue weighted by atomic mass is 79.9. The Balaban J connectivity index is 2.09. The molecule has 1 heterocycles. The highest BCUT2D eigenvalue weighted by Gasteiger charge is 2.17. The summed E-state index contributed by atoms with van der Waals surface area (Å²) in [5.41, 5.74) is 2.08. The average molecular weight is 338 g/mol. The zero-order valence-corrected chi connectivity index (χ0v) is 12.7. The molecule has 0 radical (unpaired) electrons. The van der Waals surface area contributed by atoms with E-state index in [2.05, 4.69) is 28.2 Å². The minimum atomic E-state index is -0.447. The lowest BCUT2D eigenvalue weighted by Crippen LogP contribution is -2.30. The molecule has 106 valence electrons. The maximum atomic E-state index is 12.0. The molecule has 2 rings (SSSR count). The summed E-state index contributed by atoms with van der Waals surface area (Å²) in [7, 11) is 0. The first kappa shape index (κ1) is 14.8. The molecule has 0 aliphatic heterocycles. The van der Waals surface area contributed by atoms with Gasteiger partial charge in [0.1, 0.15) is 0 Å². The molecular weight excluding hydrogens is 322 g/mol. The molecule has 0 aliphatic carbocycles. The van der Waals surface area contributed by atoms with E-state index >= 15 is 0 Å². The zero-order valence-electron chi connectivity index (χ0n) is 11.1. The lowest BCUT2D eigenvalue weighted by Gasteiger charge is -2.16. The predicted octanol–water partition coefficient (Wildman–Crippen LogP) is 3.07. The second-order valence-corrected chi connectivity index (χ2v) is 5.19. The van der Waals surface area contributed by atoms with Crippen molar-refractivity contribution >= 4 is 21.8 Å². The smallest absolute Gasteiger partial charge is 0.287 e. The number of aryl methyl sites for hydroxylation is 1. The Morgan fingerprint density at radius 2 is 2.00 bits per heavy atom. The minimum absolute atomic E-state index is 0.168. The van der Waals surface area contributed by atoms with E-state index in [0.29, 0.717) is 4.67 Å². The standard InChI is InChI=1S/C15H16BrNO3/c1-2-10-3-5-11(6-4-10)12(9-18)17-15(19)13-7-8-14(16)20-13/h3-8,12,18H,2,9H2,1H3,(H,17,19). The zero-order chi connectivity index (χ0) is 14.5. The molecule has 2 aromatic rings. The number of hydrogen-bond donors (Lipinski definition) is 2. The van der Waals surface area contributed by atoms with Crippen molar-refractivity contribution < 1.29 is 14.3 Å². The van der Waals surface area contributed by atoms with Gasteiger partial charge in [0.15, 0.2) is 10.4 Å². The van der Waals surface area contributed by atoms with E-state index in [-0.39, 0.29) is 18.3 Å². The Morgan fingerprint density at radius 3 is 2.50 bits per heavy atom. The molecule has 0 bridgehead atoms. The second-order valence-electron chi connectivity index (χ2n) is 4.41. The number of aliphatic hydroxyl groups excluding tert-OH is 1. The van der Waals surface area contributed by atoms with E-state index in [1.807, 2.05) is 24.3 Å². The van der Waals surface area contributed by atoms with Crippen LogP contribution in [0.5, 0.6) is 0 Å². The molecule has 5 heteroatoms. The van der Waals surface area contributed by atoms with Gasteiger partial charge >= 0.3 is 0 Å². The summed E-state index contributed by atoms with van der Waals surface area (Å²) in [5.74, 6) is -0.144. The third kappa shape index (κ3) is 3.49. The average Bonchev–Trinajstić information content (AvgIpc) is 2.91. The molecular formula is C15H16BrNO3. The molecule has 0 saturated carbocycles. The Kier molecular flexibility index (Phi) is 4.98. The van der Waals surface area contributed by atoms with Crippen molar-refractivity contribution in [2.24, 2.45) is 0 Å². The van der Waals surface area contributed by atoms with Crippen LogP contribution in [0, 0.1) is 0 Å². The Labute approximate surface area is 125 Å². The van der Waals surface area contributed by atoms with Gasteiger partial charge < -0.3 is 14.8 Å². The van der Waals surface area contributed by atoms with Crippen LogP contribution >= 0.6 is 15.9 Å². The van der Waals surface area contributed by atoms with Crippen LogP contribution in [-0.4, -0.2) is 17.6 Å². The number of carbonyl (C=O) groups excluding carboxylic acids is 1. The largest absolute Gasteiger partial charge is 0.444 e. The van der Waals surface area contributed by atoms with Crippen molar-refractivity contribution in [2.45, 2.75) is 19.4 Å². The van der Waals surface area contributed by atoms with Crippen LogP contribution in [0.3, 0.4) is 0 Å².